The Kier molecular flexibility index (Phi) is 6.09. The Hall–Kier alpha value is -1.51. The van der Waals surface area contributed by atoms with Crippen LogP contribution < -0.4 is 5.32 Å². The third kappa shape index (κ3) is 4.27. The quantitative estimate of drug-likeness (QED) is 0.791. The molecule has 8 heteroatoms. The van der Waals surface area contributed by atoms with Crippen LogP contribution in [0.3, 0.4) is 0 Å². The molecule has 0 bridgehead atoms. The first kappa shape index (κ1) is 17.8. The van der Waals surface area contributed by atoms with E-state index in [1.54, 1.807) is 0 Å². The summed E-state index contributed by atoms with van der Waals surface area (Å²) in [5.41, 5.74) is -0.279. The Morgan fingerprint density at radius 1 is 1.30 bits per heavy atom. The molecule has 1 saturated heterocycles. The smallest absolute Gasteiger partial charge is 0.254 e. The van der Waals surface area contributed by atoms with Crippen molar-refractivity contribution in [3.8, 4) is 0 Å². The number of benzene rings is 1. The number of hydrogen-bond donors (Lipinski definition) is 1. The molecule has 0 saturated carbocycles. The van der Waals surface area contributed by atoms with Gasteiger partial charge in [-0.15, -0.1) is 0 Å². The van der Waals surface area contributed by atoms with Crippen LogP contribution in [0.15, 0.2) is 23.1 Å². The van der Waals surface area contributed by atoms with Crippen LogP contribution >= 0.6 is 0 Å². The van der Waals surface area contributed by atoms with E-state index >= 15 is 0 Å². The van der Waals surface area contributed by atoms with Crippen LogP contribution in [-0.2, 0) is 14.8 Å². The van der Waals surface area contributed by atoms with Crippen LogP contribution in [-0.4, -0.2) is 52.0 Å². The van der Waals surface area contributed by atoms with E-state index in [9.17, 15) is 17.6 Å². The molecule has 128 valence electrons. The molecule has 0 aliphatic carbocycles. The molecule has 1 fully saturated rings. The maximum Gasteiger partial charge on any atom is 0.254 e. The van der Waals surface area contributed by atoms with E-state index in [1.807, 2.05) is 0 Å². The van der Waals surface area contributed by atoms with Gasteiger partial charge in [0.05, 0.1) is 17.1 Å². The molecule has 1 aromatic rings. The number of hydrogen-bond acceptors (Lipinski definition) is 4. The average molecular weight is 344 g/mol. The first-order valence-electron chi connectivity index (χ1n) is 7.53. The molecule has 1 aliphatic rings. The van der Waals surface area contributed by atoms with Crippen molar-refractivity contribution < 1.29 is 22.3 Å². The summed E-state index contributed by atoms with van der Waals surface area (Å²) in [6.07, 6.45) is 2.62. The summed E-state index contributed by atoms with van der Waals surface area (Å²) in [5, 5.41) is 2.49. The highest BCUT2D eigenvalue weighted by atomic mass is 32.2. The van der Waals surface area contributed by atoms with E-state index in [1.165, 1.54) is 17.5 Å². The van der Waals surface area contributed by atoms with Crippen molar-refractivity contribution in [3.05, 3.63) is 29.6 Å². The number of carbonyl (C=O) groups is 1. The lowest BCUT2D eigenvalue weighted by atomic mass is 10.2. The fourth-order valence-corrected chi connectivity index (χ4v) is 4.00. The fourth-order valence-electron chi connectivity index (χ4n) is 2.46. The minimum absolute atomic E-state index is 0.0577. The normalized spacial score (nSPS) is 16.3. The standard InChI is InChI=1S/C15H21FN2O4S/c1-22-10-7-17-15(19)13-11-12(5-6-14(13)16)23(20,21)18-8-3-2-4-9-18/h5-6,11H,2-4,7-10H2,1H3,(H,17,19). The second-order valence-corrected chi connectivity index (χ2v) is 7.29. The van der Waals surface area contributed by atoms with Crippen molar-refractivity contribution in [2.45, 2.75) is 24.2 Å². The van der Waals surface area contributed by atoms with E-state index in [0.717, 1.165) is 31.4 Å². The minimum Gasteiger partial charge on any atom is -0.383 e. The maximum absolute atomic E-state index is 13.9. The van der Waals surface area contributed by atoms with Crippen molar-refractivity contribution >= 4 is 15.9 Å². The number of ether oxygens (including phenoxy) is 1. The van der Waals surface area contributed by atoms with E-state index in [-0.39, 0.29) is 17.0 Å². The van der Waals surface area contributed by atoms with Gasteiger partial charge in [-0.25, -0.2) is 12.8 Å². The summed E-state index contributed by atoms with van der Waals surface area (Å²) in [4.78, 5) is 11.9. The summed E-state index contributed by atoms with van der Waals surface area (Å²) in [6, 6.07) is 3.31. The largest absolute Gasteiger partial charge is 0.383 e. The van der Waals surface area contributed by atoms with Gasteiger partial charge in [0.25, 0.3) is 5.91 Å². The summed E-state index contributed by atoms with van der Waals surface area (Å²) in [5.74, 6) is -1.41. The van der Waals surface area contributed by atoms with E-state index in [4.69, 9.17) is 4.74 Å². The van der Waals surface area contributed by atoms with Gasteiger partial charge in [-0.2, -0.15) is 4.31 Å². The number of rotatable bonds is 6. The number of nitrogens with one attached hydrogen (secondary N) is 1. The molecule has 0 atom stereocenters. The second-order valence-electron chi connectivity index (χ2n) is 5.36. The number of sulfonamides is 1. The highest BCUT2D eigenvalue weighted by molar-refractivity contribution is 7.89. The number of methoxy groups -OCH3 is 1. The molecule has 1 amide bonds. The van der Waals surface area contributed by atoms with Crippen LogP contribution in [0, 0.1) is 5.82 Å². The van der Waals surface area contributed by atoms with Gasteiger partial charge in [-0.3, -0.25) is 4.79 Å². The van der Waals surface area contributed by atoms with Crippen molar-refractivity contribution in [2.24, 2.45) is 0 Å². The van der Waals surface area contributed by atoms with E-state index in [0.29, 0.717) is 19.7 Å². The van der Waals surface area contributed by atoms with Crippen LogP contribution in [0.2, 0.25) is 0 Å². The molecule has 0 aromatic heterocycles. The number of halogens is 1. The summed E-state index contributed by atoms with van der Waals surface area (Å²) in [7, 11) is -2.21. The number of amides is 1. The van der Waals surface area contributed by atoms with Crippen LogP contribution in [0.25, 0.3) is 0 Å². The van der Waals surface area contributed by atoms with E-state index in [2.05, 4.69) is 5.32 Å². The predicted octanol–water partition coefficient (Wildman–Crippen LogP) is 1.38. The summed E-state index contributed by atoms with van der Waals surface area (Å²) >= 11 is 0. The Morgan fingerprint density at radius 2 is 2.00 bits per heavy atom. The van der Waals surface area contributed by atoms with Gasteiger partial charge in [0.15, 0.2) is 0 Å². The van der Waals surface area contributed by atoms with Crippen LogP contribution in [0.1, 0.15) is 29.6 Å². The van der Waals surface area contributed by atoms with E-state index < -0.39 is 21.7 Å². The fraction of sp³-hybridized carbons (Fsp3) is 0.533. The molecule has 2 rings (SSSR count). The molecule has 1 heterocycles. The molecule has 0 spiro atoms. The van der Waals surface area contributed by atoms with Crippen molar-refractivity contribution in [1.29, 1.82) is 0 Å². The third-order valence-electron chi connectivity index (χ3n) is 3.73. The monoisotopic (exact) mass is 344 g/mol. The predicted molar refractivity (Wildman–Crippen MR) is 83.2 cm³/mol. The second kappa shape index (κ2) is 7.85. The Labute approximate surface area is 135 Å². The molecule has 0 radical (unpaired) electrons. The lowest BCUT2D eigenvalue weighted by molar-refractivity contribution is 0.0933. The topological polar surface area (TPSA) is 75.7 Å². The zero-order chi connectivity index (χ0) is 16.9. The Morgan fingerprint density at radius 3 is 2.65 bits per heavy atom. The molecule has 1 aromatic carbocycles. The van der Waals surface area contributed by atoms with Crippen molar-refractivity contribution in [1.82, 2.24) is 9.62 Å². The maximum atomic E-state index is 13.9. The minimum atomic E-state index is -3.70. The van der Waals surface area contributed by atoms with Gasteiger partial charge in [-0.05, 0) is 31.0 Å². The molecule has 23 heavy (non-hydrogen) atoms. The average Bonchev–Trinajstić information content (AvgIpc) is 2.56. The summed E-state index contributed by atoms with van der Waals surface area (Å²) in [6.45, 7) is 1.42. The molecular weight excluding hydrogens is 323 g/mol. The molecule has 6 nitrogen and oxygen atoms in total. The molecule has 1 aliphatic heterocycles. The SMILES string of the molecule is COCCNC(=O)c1cc(S(=O)(=O)N2CCCCC2)ccc1F. The van der Waals surface area contributed by atoms with Gasteiger partial charge < -0.3 is 10.1 Å². The highest BCUT2D eigenvalue weighted by Gasteiger charge is 2.27. The number of piperidine rings is 1. The highest BCUT2D eigenvalue weighted by Crippen LogP contribution is 2.22. The zero-order valence-corrected chi connectivity index (χ0v) is 13.9. The summed E-state index contributed by atoms with van der Waals surface area (Å²) < 4.78 is 45.2. The first-order chi connectivity index (χ1) is 11.0. The van der Waals surface area contributed by atoms with Gasteiger partial charge in [0.2, 0.25) is 10.0 Å². The number of carbonyl (C=O) groups excluding carboxylic acids is 1. The molecular formula is C15H21FN2O4S. The molecule has 0 unspecified atom stereocenters. The van der Waals surface area contributed by atoms with Gasteiger partial charge in [0.1, 0.15) is 5.82 Å². The molecule has 1 N–H and O–H groups in total. The van der Waals surface area contributed by atoms with Gasteiger partial charge in [-0.1, -0.05) is 6.42 Å². The van der Waals surface area contributed by atoms with Crippen molar-refractivity contribution in [3.63, 3.8) is 0 Å². The van der Waals surface area contributed by atoms with Crippen LogP contribution in [0.5, 0.6) is 0 Å². The first-order valence-corrected chi connectivity index (χ1v) is 8.97. The zero-order valence-electron chi connectivity index (χ0n) is 13.0. The lowest BCUT2D eigenvalue weighted by Gasteiger charge is -2.26. The number of nitrogens with zero attached hydrogens (tertiary/aromatic N) is 1. The Balaban J connectivity index is 2.23. The van der Waals surface area contributed by atoms with Gasteiger partial charge in [0, 0.05) is 26.7 Å². The van der Waals surface area contributed by atoms with Gasteiger partial charge >= 0.3 is 0 Å². The Bertz CT molecular complexity index is 657. The van der Waals surface area contributed by atoms with Crippen molar-refractivity contribution in [2.75, 3.05) is 33.4 Å². The third-order valence-corrected chi connectivity index (χ3v) is 5.62. The van der Waals surface area contributed by atoms with Crippen LogP contribution in [0.4, 0.5) is 4.39 Å². The lowest BCUT2D eigenvalue weighted by Crippen LogP contribution is -2.36.